The van der Waals surface area contributed by atoms with E-state index < -0.39 is 0 Å². The number of carbonyl (C=O) groups excluding carboxylic acids is 1. The summed E-state index contributed by atoms with van der Waals surface area (Å²) in [4.78, 5) is 12.6. The molecule has 0 N–H and O–H groups in total. The van der Waals surface area contributed by atoms with Gasteiger partial charge in [0.05, 0.1) is 19.1 Å². The van der Waals surface area contributed by atoms with Crippen LogP contribution in [0.25, 0.3) is 20.5 Å². The van der Waals surface area contributed by atoms with Crippen LogP contribution in [0, 0.1) is 0 Å². The highest BCUT2D eigenvalue weighted by atomic mass is 79.9. The van der Waals surface area contributed by atoms with Crippen molar-refractivity contribution < 1.29 is 19.0 Å². The molecule has 0 saturated heterocycles. The average Bonchev–Trinajstić information content (AvgIpc) is 3.12. The zero-order valence-electron chi connectivity index (χ0n) is 15.8. The van der Waals surface area contributed by atoms with Gasteiger partial charge in [0.1, 0.15) is 17.2 Å². The van der Waals surface area contributed by atoms with Crippen LogP contribution in [0.5, 0.6) is 23.0 Å². The van der Waals surface area contributed by atoms with E-state index in [1.165, 1.54) is 0 Å². The van der Waals surface area contributed by atoms with Crippen LogP contribution in [-0.2, 0) is 0 Å². The van der Waals surface area contributed by atoms with Crippen molar-refractivity contribution in [1.82, 2.24) is 0 Å². The van der Waals surface area contributed by atoms with Gasteiger partial charge in [-0.15, -0.1) is 11.3 Å². The number of methoxy groups -OCH3 is 2. The van der Waals surface area contributed by atoms with Gasteiger partial charge in [0.2, 0.25) is 0 Å². The van der Waals surface area contributed by atoms with E-state index in [9.17, 15) is 4.79 Å². The van der Waals surface area contributed by atoms with Gasteiger partial charge in [-0.3, -0.25) is 4.79 Å². The van der Waals surface area contributed by atoms with E-state index in [1.807, 2.05) is 48.5 Å². The Morgan fingerprint density at radius 3 is 2.21 bits per heavy atom. The summed E-state index contributed by atoms with van der Waals surface area (Å²) in [7, 11) is 3.25. The van der Waals surface area contributed by atoms with Crippen LogP contribution >= 0.6 is 27.3 Å². The van der Waals surface area contributed by atoms with E-state index in [0.29, 0.717) is 22.8 Å². The molecule has 6 heteroatoms. The van der Waals surface area contributed by atoms with E-state index in [4.69, 9.17) is 14.2 Å². The number of rotatable bonds is 6. The van der Waals surface area contributed by atoms with Gasteiger partial charge in [0.15, 0.2) is 12.0 Å². The molecular weight excluding hydrogens is 452 g/mol. The van der Waals surface area contributed by atoms with Crippen LogP contribution in [-0.4, -0.2) is 20.5 Å². The van der Waals surface area contributed by atoms with E-state index in [-0.39, 0.29) is 0 Å². The highest BCUT2D eigenvalue weighted by Crippen LogP contribution is 2.48. The molecule has 146 valence electrons. The lowest BCUT2D eigenvalue weighted by atomic mass is 10.0. The first-order valence-corrected chi connectivity index (χ1v) is 10.4. The number of benzene rings is 3. The lowest BCUT2D eigenvalue weighted by Gasteiger charge is -2.11. The summed E-state index contributed by atoms with van der Waals surface area (Å²) in [6, 6.07) is 18.9. The highest BCUT2D eigenvalue weighted by molar-refractivity contribution is 9.10. The van der Waals surface area contributed by atoms with E-state index >= 15 is 0 Å². The van der Waals surface area contributed by atoms with Crippen molar-refractivity contribution in [3.8, 4) is 33.4 Å². The third kappa shape index (κ3) is 3.86. The topological polar surface area (TPSA) is 44.8 Å². The Morgan fingerprint density at radius 2 is 1.52 bits per heavy atom. The van der Waals surface area contributed by atoms with Crippen LogP contribution < -0.4 is 14.2 Å². The Kier molecular flexibility index (Phi) is 5.56. The molecule has 0 aliphatic heterocycles. The van der Waals surface area contributed by atoms with Gasteiger partial charge in [0.25, 0.3) is 0 Å². The van der Waals surface area contributed by atoms with Gasteiger partial charge in [0, 0.05) is 25.7 Å². The van der Waals surface area contributed by atoms with Crippen molar-refractivity contribution in [2.75, 3.05) is 14.2 Å². The van der Waals surface area contributed by atoms with Crippen molar-refractivity contribution in [3.05, 3.63) is 70.7 Å². The molecule has 4 rings (SSSR count). The molecule has 0 fully saturated rings. The second-order valence-electron chi connectivity index (χ2n) is 6.25. The first-order valence-electron chi connectivity index (χ1n) is 8.80. The van der Waals surface area contributed by atoms with Crippen LogP contribution in [0.1, 0.15) is 10.4 Å². The van der Waals surface area contributed by atoms with Crippen molar-refractivity contribution in [2.45, 2.75) is 0 Å². The maximum absolute atomic E-state index is 11.7. The maximum atomic E-state index is 11.7. The summed E-state index contributed by atoms with van der Waals surface area (Å²) in [5.74, 6) is 2.85. The van der Waals surface area contributed by atoms with E-state index in [1.54, 1.807) is 37.7 Å². The fourth-order valence-electron chi connectivity index (χ4n) is 3.04. The number of halogens is 1. The van der Waals surface area contributed by atoms with Gasteiger partial charge in [-0.05, 0) is 60.7 Å². The summed E-state index contributed by atoms with van der Waals surface area (Å²) in [5, 5.41) is 0.952. The fourth-order valence-corrected chi connectivity index (χ4v) is 4.50. The Labute approximate surface area is 180 Å². The summed E-state index contributed by atoms with van der Waals surface area (Å²) in [5.41, 5.74) is 1.34. The van der Waals surface area contributed by atoms with Crippen LogP contribution in [0.15, 0.2) is 65.1 Å². The third-order valence-corrected chi connectivity index (χ3v) is 6.21. The average molecular weight is 469 g/mol. The molecule has 1 heterocycles. The minimum atomic E-state index is 0.574. The molecule has 0 bridgehead atoms. The predicted octanol–water partition coefficient (Wildman–Crippen LogP) is 6.95. The number of thiophene rings is 1. The van der Waals surface area contributed by atoms with Gasteiger partial charge in [-0.1, -0.05) is 15.9 Å². The lowest BCUT2D eigenvalue weighted by molar-refractivity contribution is 0.112. The second-order valence-corrected chi connectivity index (χ2v) is 8.22. The first-order chi connectivity index (χ1) is 14.1. The lowest BCUT2D eigenvalue weighted by Crippen LogP contribution is -1.91. The predicted molar refractivity (Wildman–Crippen MR) is 120 cm³/mol. The van der Waals surface area contributed by atoms with Gasteiger partial charge in [-0.25, -0.2) is 0 Å². The molecule has 0 unspecified atom stereocenters. The molecule has 0 amide bonds. The number of fused-ring (bicyclic) bond motifs is 1. The Morgan fingerprint density at radius 1 is 0.862 bits per heavy atom. The van der Waals surface area contributed by atoms with Crippen LogP contribution in [0.2, 0.25) is 0 Å². The summed E-state index contributed by atoms with van der Waals surface area (Å²) in [6.07, 6.45) is 0.850. The largest absolute Gasteiger partial charge is 0.497 e. The zero-order valence-corrected chi connectivity index (χ0v) is 18.2. The zero-order chi connectivity index (χ0) is 20.4. The summed E-state index contributed by atoms with van der Waals surface area (Å²) >= 11 is 4.99. The molecule has 0 atom stereocenters. The van der Waals surface area contributed by atoms with E-state index in [2.05, 4.69) is 15.9 Å². The molecule has 0 aliphatic carbocycles. The van der Waals surface area contributed by atoms with E-state index in [0.717, 1.165) is 37.0 Å². The van der Waals surface area contributed by atoms with Crippen molar-refractivity contribution >= 4 is 43.6 Å². The SMILES string of the molecule is COc1ccc(C=O)c(-c2sc3cc(OC)ccc3c2Oc2ccc(Br)cc2)c1. The smallest absolute Gasteiger partial charge is 0.153 e. The molecule has 3 aromatic carbocycles. The minimum Gasteiger partial charge on any atom is -0.497 e. The van der Waals surface area contributed by atoms with Crippen molar-refractivity contribution in [1.29, 1.82) is 0 Å². The normalized spacial score (nSPS) is 10.7. The van der Waals surface area contributed by atoms with Crippen LogP contribution in [0.4, 0.5) is 0 Å². The quantitative estimate of drug-likeness (QED) is 0.287. The summed E-state index contributed by atoms with van der Waals surface area (Å²) < 4.78 is 19.0. The highest BCUT2D eigenvalue weighted by Gasteiger charge is 2.20. The monoisotopic (exact) mass is 468 g/mol. The Hall–Kier alpha value is -2.83. The second kappa shape index (κ2) is 8.27. The Bertz CT molecular complexity index is 1180. The Balaban J connectivity index is 1.95. The maximum Gasteiger partial charge on any atom is 0.153 e. The van der Waals surface area contributed by atoms with Crippen molar-refractivity contribution in [3.63, 3.8) is 0 Å². The molecular formula is C23H17BrO4S. The van der Waals surface area contributed by atoms with Crippen LogP contribution in [0.3, 0.4) is 0 Å². The number of hydrogen-bond acceptors (Lipinski definition) is 5. The molecule has 0 radical (unpaired) electrons. The third-order valence-electron chi connectivity index (χ3n) is 4.52. The van der Waals surface area contributed by atoms with Gasteiger partial charge < -0.3 is 14.2 Å². The molecule has 0 saturated carbocycles. The molecule has 29 heavy (non-hydrogen) atoms. The summed E-state index contributed by atoms with van der Waals surface area (Å²) in [6.45, 7) is 0. The van der Waals surface area contributed by atoms with Gasteiger partial charge >= 0.3 is 0 Å². The molecule has 4 aromatic rings. The number of ether oxygens (including phenoxy) is 3. The minimum absolute atomic E-state index is 0.574. The fraction of sp³-hybridized carbons (Fsp3) is 0.0870. The van der Waals surface area contributed by atoms with Crippen molar-refractivity contribution in [2.24, 2.45) is 0 Å². The molecule has 4 nitrogen and oxygen atoms in total. The standard InChI is InChI=1S/C23H17BrO4S/c1-26-17-6-3-14(13-25)20(11-17)23-22(28-16-7-4-15(24)5-8-16)19-10-9-18(27-2)12-21(19)29-23/h3-13H,1-2H3. The first kappa shape index (κ1) is 19.5. The number of carbonyl (C=O) groups is 1. The molecule has 1 aromatic heterocycles. The molecule has 0 aliphatic rings. The molecule has 0 spiro atoms. The number of hydrogen-bond donors (Lipinski definition) is 0. The van der Waals surface area contributed by atoms with Gasteiger partial charge in [-0.2, -0.15) is 0 Å². The number of aldehydes is 1.